The summed E-state index contributed by atoms with van der Waals surface area (Å²) in [4.78, 5) is 40.4. The average Bonchev–Trinajstić information content (AvgIpc) is 3.17. The summed E-state index contributed by atoms with van der Waals surface area (Å²) in [6, 6.07) is 11.7. The minimum atomic E-state index is -0.571. The first-order chi connectivity index (χ1) is 15.0. The number of carbonyl (C=O) groups is 2. The van der Waals surface area contributed by atoms with Gasteiger partial charge in [0.05, 0.1) is 16.6 Å². The maximum Gasteiger partial charge on any atom is 0.272 e. The highest BCUT2D eigenvalue weighted by molar-refractivity contribution is 5.95. The Morgan fingerprint density at radius 3 is 2.77 bits per heavy atom. The first-order valence-corrected chi connectivity index (χ1v) is 10.3. The number of aromatic amines is 1. The third-order valence-corrected chi connectivity index (χ3v) is 6.19. The molecule has 158 valence electrons. The van der Waals surface area contributed by atoms with Gasteiger partial charge >= 0.3 is 0 Å². The van der Waals surface area contributed by atoms with Gasteiger partial charge < -0.3 is 9.80 Å². The van der Waals surface area contributed by atoms with Crippen LogP contribution in [0.5, 0.6) is 0 Å². The molecule has 0 saturated carbocycles. The molecule has 0 radical (unpaired) electrons. The van der Waals surface area contributed by atoms with Crippen molar-refractivity contribution < 1.29 is 14.0 Å². The highest BCUT2D eigenvalue weighted by Gasteiger charge is 2.37. The van der Waals surface area contributed by atoms with Crippen LogP contribution in [0.2, 0.25) is 0 Å². The summed E-state index contributed by atoms with van der Waals surface area (Å²) < 4.78 is 14.6. The van der Waals surface area contributed by atoms with E-state index in [0.29, 0.717) is 43.6 Å². The molecule has 3 aromatic rings. The number of H-pyrrole nitrogens is 1. The number of aromatic nitrogens is 2. The predicted molar refractivity (Wildman–Crippen MR) is 112 cm³/mol. The lowest BCUT2D eigenvalue weighted by molar-refractivity contribution is -0.130. The fourth-order valence-electron chi connectivity index (χ4n) is 4.57. The molecule has 2 fully saturated rings. The van der Waals surface area contributed by atoms with Gasteiger partial charge in [0.25, 0.3) is 11.5 Å². The average molecular weight is 420 g/mol. The molecule has 0 spiro atoms. The van der Waals surface area contributed by atoms with Crippen LogP contribution in [0, 0.1) is 5.82 Å². The molecule has 7 nitrogen and oxygen atoms in total. The van der Waals surface area contributed by atoms with Gasteiger partial charge in [0.15, 0.2) is 0 Å². The molecule has 2 saturated heterocycles. The van der Waals surface area contributed by atoms with Crippen molar-refractivity contribution >= 4 is 22.6 Å². The predicted octanol–water partition coefficient (Wildman–Crippen LogP) is 2.10. The van der Waals surface area contributed by atoms with Crippen LogP contribution in [0.4, 0.5) is 4.39 Å². The zero-order valence-electron chi connectivity index (χ0n) is 16.8. The molecule has 3 heterocycles. The number of hydrogen-bond acceptors (Lipinski definition) is 4. The van der Waals surface area contributed by atoms with Crippen LogP contribution in [0.15, 0.2) is 47.3 Å². The normalized spacial score (nSPS) is 18.5. The number of carbonyl (C=O) groups excluding carboxylic acids is 2. The Kier molecular flexibility index (Phi) is 4.77. The Labute approximate surface area is 177 Å². The first-order valence-electron chi connectivity index (χ1n) is 10.3. The van der Waals surface area contributed by atoms with E-state index in [1.807, 2.05) is 17.0 Å². The molecule has 1 atom stereocenters. The molecule has 2 aliphatic rings. The zero-order valence-corrected chi connectivity index (χ0v) is 16.8. The van der Waals surface area contributed by atoms with E-state index < -0.39 is 5.82 Å². The molecule has 2 aromatic carbocycles. The third kappa shape index (κ3) is 3.48. The monoisotopic (exact) mass is 420 g/mol. The Hall–Kier alpha value is -3.55. The molecule has 5 rings (SSSR count). The van der Waals surface area contributed by atoms with E-state index in [9.17, 15) is 18.8 Å². The lowest BCUT2D eigenvalue weighted by Crippen LogP contribution is -2.53. The van der Waals surface area contributed by atoms with E-state index in [1.54, 1.807) is 29.2 Å². The maximum atomic E-state index is 14.6. The van der Waals surface area contributed by atoms with E-state index in [-0.39, 0.29) is 29.0 Å². The summed E-state index contributed by atoms with van der Waals surface area (Å²) >= 11 is 0. The summed E-state index contributed by atoms with van der Waals surface area (Å²) in [5, 5.41) is 7.93. The fourth-order valence-corrected chi connectivity index (χ4v) is 4.57. The van der Waals surface area contributed by atoms with Crippen LogP contribution in [0.25, 0.3) is 10.8 Å². The highest BCUT2D eigenvalue weighted by Crippen LogP contribution is 2.25. The molecule has 2 amide bonds. The summed E-state index contributed by atoms with van der Waals surface area (Å²) in [5.41, 5.74) is 1.13. The van der Waals surface area contributed by atoms with E-state index in [4.69, 9.17) is 0 Å². The minimum absolute atomic E-state index is 0.0176. The summed E-state index contributed by atoms with van der Waals surface area (Å²) in [6.07, 6.45) is 1.59. The topological polar surface area (TPSA) is 86.4 Å². The second-order valence-electron chi connectivity index (χ2n) is 8.07. The van der Waals surface area contributed by atoms with Crippen molar-refractivity contribution in [2.45, 2.75) is 25.3 Å². The number of fused-ring (bicyclic) bond motifs is 2. The molecular weight excluding hydrogens is 399 g/mol. The number of nitrogens with zero attached hydrogens (tertiary/aromatic N) is 3. The van der Waals surface area contributed by atoms with Gasteiger partial charge in [-0.15, -0.1) is 0 Å². The molecule has 1 N–H and O–H groups in total. The Balaban J connectivity index is 1.41. The van der Waals surface area contributed by atoms with Gasteiger partial charge in [-0.3, -0.25) is 14.4 Å². The van der Waals surface area contributed by atoms with Gasteiger partial charge in [-0.2, -0.15) is 5.10 Å². The van der Waals surface area contributed by atoms with Crippen molar-refractivity contribution in [1.82, 2.24) is 20.0 Å². The van der Waals surface area contributed by atoms with Gasteiger partial charge in [0.2, 0.25) is 5.91 Å². The molecule has 1 aromatic heterocycles. The lowest BCUT2D eigenvalue weighted by Gasteiger charge is -2.37. The molecular formula is C23H21FN4O3. The van der Waals surface area contributed by atoms with Crippen molar-refractivity contribution in [3.05, 3.63) is 75.5 Å². The smallest absolute Gasteiger partial charge is 0.272 e. The second kappa shape index (κ2) is 7.61. The molecule has 1 unspecified atom stereocenters. The largest absolute Gasteiger partial charge is 0.336 e. The van der Waals surface area contributed by atoms with Crippen molar-refractivity contribution in [2.75, 3.05) is 19.6 Å². The van der Waals surface area contributed by atoms with Crippen LogP contribution in [-0.2, 0) is 11.2 Å². The fraction of sp³-hybridized carbons (Fsp3) is 0.304. The van der Waals surface area contributed by atoms with Crippen molar-refractivity contribution in [1.29, 1.82) is 0 Å². The van der Waals surface area contributed by atoms with Gasteiger partial charge in [-0.25, -0.2) is 9.49 Å². The van der Waals surface area contributed by atoms with Crippen molar-refractivity contribution in [2.24, 2.45) is 0 Å². The Bertz CT molecular complexity index is 1260. The van der Waals surface area contributed by atoms with Crippen LogP contribution in [0.1, 0.15) is 34.5 Å². The molecule has 8 heteroatoms. The van der Waals surface area contributed by atoms with Gasteiger partial charge in [-0.05, 0) is 30.2 Å². The number of amides is 2. The quantitative estimate of drug-likeness (QED) is 0.703. The summed E-state index contributed by atoms with van der Waals surface area (Å²) in [6.45, 7) is 1.32. The Morgan fingerprint density at radius 2 is 1.94 bits per heavy atom. The second-order valence-corrected chi connectivity index (χ2v) is 8.07. The number of halogens is 1. The molecule has 0 aliphatic carbocycles. The lowest BCUT2D eigenvalue weighted by atomic mass is 10.0. The minimum Gasteiger partial charge on any atom is -0.336 e. The van der Waals surface area contributed by atoms with Crippen molar-refractivity contribution in [3.63, 3.8) is 0 Å². The van der Waals surface area contributed by atoms with E-state index in [0.717, 1.165) is 17.4 Å². The van der Waals surface area contributed by atoms with Crippen molar-refractivity contribution in [3.8, 4) is 0 Å². The summed E-state index contributed by atoms with van der Waals surface area (Å²) in [5.74, 6) is -0.804. The summed E-state index contributed by atoms with van der Waals surface area (Å²) in [7, 11) is 0. The Morgan fingerprint density at radius 1 is 1.13 bits per heavy atom. The molecule has 0 bridgehead atoms. The van der Waals surface area contributed by atoms with E-state index in [2.05, 4.69) is 10.2 Å². The number of hydrogen-bond donors (Lipinski definition) is 1. The highest BCUT2D eigenvalue weighted by atomic mass is 19.1. The number of rotatable bonds is 3. The number of piperazine rings is 1. The van der Waals surface area contributed by atoms with Crippen LogP contribution < -0.4 is 5.56 Å². The maximum absolute atomic E-state index is 14.6. The van der Waals surface area contributed by atoms with E-state index >= 15 is 0 Å². The van der Waals surface area contributed by atoms with E-state index in [1.165, 1.54) is 6.07 Å². The SMILES string of the molecule is O=C(c1cc(Cc2n[nH]c(=O)c3ccccc23)ccc1F)N1CCN2C(=O)CCC2C1. The zero-order chi connectivity index (χ0) is 21.5. The van der Waals surface area contributed by atoms with Crippen LogP contribution >= 0.6 is 0 Å². The van der Waals surface area contributed by atoms with Crippen LogP contribution in [-0.4, -0.2) is 57.5 Å². The third-order valence-electron chi connectivity index (χ3n) is 6.19. The number of benzene rings is 2. The molecule has 2 aliphatic heterocycles. The van der Waals surface area contributed by atoms with Crippen LogP contribution in [0.3, 0.4) is 0 Å². The first kappa shape index (κ1) is 19.4. The standard InChI is InChI=1S/C23H21FN4O3/c24-19-7-5-14(12-20-16-3-1-2-4-17(16)22(30)26-25-20)11-18(19)23(31)27-9-10-28-15(13-27)6-8-21(28)29/h1-5,7,11,15H,6,8-10,12-13H2,(H,26,30). The van der Waals surface area contributed by atoms with Gasteiger partial charge in [0.1, 0.15) is 5.82 Å². The van der Waals surface area contributed by atoms with Gasteiger partial charge in [0, 0.05) is 43.9 Å². The number of nitrogens with one attached hydrogen (secondary N) is 1. The molecule has 31 heavy (non-hydrogen) atoms. The van der Waals surface area contributed by atoms with Gasteiger partial charge in [-0.1, -0.05) is 24.3 Å².